The van der Waals surface area contributed by atoms with Gasteiger partial charge in [0.2, 0.25) is 5.91 Å². The van der Waals surface area contributed by atoms with Crippen LogP contribution in [0.3, 0.4) is 0 Å². The molecule has 2 aromatic rings. The number of carbonyl (C=O) groups excluding carboxylic acids is 2. The summed E-state index contributed by atoms with van der Waals surface area (Å²) in [4.78, 5) is 23.4. The molecule has 0 radical (unpaired) electrons. The maximum absolute atomic E-state index is 11.8. The second kappa shape index (κ2) is 6.74. The molecule has 21 heavy (non-hydrogen) atoms. The van der Waals surface area contributed by atoms with E-state index in [9.17, 15) is 9.59 Å². The normalized spacial score (nSPS) is 10.2. The summed E-state index contributed by atoms with van der Waals surface area (Å²) in [6.07, 6.45) is 1.64. The second-order valence-electron chi connectivity index (χ2n) is 4.83. The van der Waals surface area contributed by atoms with Crippen LogP contribution in [0.1, 0.15) is 28.1 Å². The van der Waals surface area contributed by atoms with Gasteiger partial charge in [-0.3, -0.25) is 9.59 Å². The number of hydrogen-bond donors (Lipinski definition) is 2. The quantitative estimate of drug-likeness (QED) is 0.887. The molecule has 0 bridgehead atoms. The number of furan rings is 1. The van der Waals surface area contributed by atoms with Crippen LogP contribution in [-0.4, -0.2) is 18.4 Å². The van der Waals surface area contributed by atoms with Gasteiger partial charge >= 0.3 is 0 Å². The molecule has 2 N–H and O–H groups in total. The van der Waals surface area contributed by atoms with Crippen molar-refractivity contribution in [3.05, 3.63) is 53.5 Å². The van der Waals surface area contributed by atoms with Gasteiger partial charge in [0.25, 0.3) is 5.91 Å². The molecular weight excluding hydrogens is 268 g/mol. The number of amides is 2. The first-order chi connectivity index (χ1) is 10.1. The highest BCUT2D eigenvalue weighted by Crippen LogP contribution is 2.14. The number of nitrogens with one attached hydrogen (secondary N) is 2. The summed E-state index contributed by atoms with van der Waals surface area (Å²) in [5, 5.41) is 5.43. The molecule has 0 aliphatic rings. The average molecular weight is 286 g/mol. The third-order valence-corrected chi connectivity index (χ3v) is 3.17. The fraction of sp³-hybridized carbons (Fsp3) is 0.250. The number of anilines is 1. The van der Waals surface area contributed by atoms with E-state index >= 15 is 0 Å². The van der Waals surface area contributed by atoms with Gasteiger partial charge in [-0.2, -0.15) is 0 Å². The van der Waals surface area contributed by atoms with Gasteiger partial charge in [-0.05, 0) is 49.2 Å². The Balaban J connectivity index is 1.77. The highest BCUT2D eigenvalue weighted by Gasteiger charge is 2.09. The molecule has 2 amide bonds. The van der Waals surface area contributed by atoms with Crippen molar-refractivity contribution >= 4 is 17.5 Å². The van der Waals surface area contributed by atoms with Gasteiger partial charge in [0.15, 0.2) is 5.76 Å². The zero-order valence-electron chi connectivity index (χ0n) is 12.1. The van der Waals surface area contributed by atoms with Crippen molar-refractivity contribution < 1.29 is 14.0 Å². The molecular formula is C16H18N2O3. The Hall–Kier alpha value is -2.56. The summed E-state index contributed by atoms with van der Waals surface area (Å²) in [5.41, 5.74) is 3.07. The lowest BCUT2D eigenvalue weighted by Gasteiger charge is -2.08. The molecule has 5 nitrogen and oxygen atoms in total. The van der Waals surface area contributed by atoms with E-state index in [1.807, 2.05) is 32.0 Å². The smallest absolute Gasteiger partial charge is 0.286 e. The molecule has 0 aliphatic carbocycles. The molecule has 0 unspecified atom stereocenters. The predicted octanol–water partition coefficient (Wildman–Crippen LogP) is 2.66. The van der Waals surface area contributed by atoms with E-state index in [1.165, 1.54) is 11.8 Å². The van der Waals surface area contributed by atoms with Crippen LogP contribution in [0.5, 0.6) is 0 Å². The van der Waals surface area contributed by atoms with Crippen LogP contribution in [0.25, 0.3) is 0 Å². The lowest BCUT2D eigenvalue weighted by molar-refractivity contribution is -0.116. The Morgan fingerprint density at radius 1 is 1.14 bits per heavy atom. The van der Waals surface area contributed by atoms with Gasteiger partial charge in [0, 0.05) is 18.7 Å². The van der Waals surface area contributed by atoms with Crippen molar-refractivity contribution in [3.8, 4) is 0 Å². The predicted molar refractivity (Wildman–Crippen MR) is 80.2 cm³/mol. The van der Waals surface area contributed by atoms with E-state index in [4.69, 9.17) is 4.42 Å². The van der Waals surface area contributed by atoms with Gasteiger partial charge in [-0.15, -0.1) is 0 Å². The Bertz CT molecular complexity index is 633. The maximum Gasteiger partial charge on any atom is 0.286 e. The molecule has 0 atom stereocenters. The maximum atomic E-state index is 11.8. The largest absolute Gasteiger partial charge is 0.459 e. The Labute approximate surface area is 123 Å². The molecule has 2 rings (SSSR count). The van der Waals surface area contributed by atoms with E-state index in [1.54, 1.807) is 12.1 Å². The fourth-order valence-electron chi connectivity index (χ4n) is 1.83. The molecule has 0 aliphatic heterocycles. The third kappa shape index (κ3) is 4.21. The molecule has 0 saturated heterocycles. The zero-order valence-corrected chi connectivity index (χ0v) is 12.1. The number of rotatable bonds is 5. The molecule has 0 fully saturated rings. The number of aryl methyl sites for hydroxylation is 2. The van der Waals surface area contributed by atoms with Crippen LogP contribution in [0.4, 0.5) is 5.69 Å². The molecule has 0 saturated carbocycles. The van der Waals surface area contributed by atoms with E-state index in [0.717, 1.165) is 11.3 Å². The number of benzene rings is 1. The van der Waals surface area contributed by atoms with Crippen LogP contribution < -0.4 is 10.6 Å². The first kappa shape index (κ1) is 14.8. The minimum atomic E-state index is -0.320. The summed E-state index contributed by atoms with van der Waals surface area (Å²) in [5.74, 6) is -0.221. The number of hydrogen-bond acceptors (Lipinski definition) is 3. The summed E-state index contributed by atoms with van der Waals surface area (Å²) < 4.78 is 4.96. The van der Waals surface area contributed by atoms with Gasteiger partial charge in [0.05, 0.1) is 6.26 Å². The van der Waals surface area contributed by atoms with Crippen LogP contribution in [0, 0.1) is 13.8 Å². The molecule has 1 aromatic heterocycles. The van der Waals surface area contributed by atoms with Crippen LogP contribution >= 0.6 is 0 Å². The average Bonchev–Trinajstić information content (AvgIpc) is 2.97. The lowest BCUT2D eigenvalue weighted by Crippen LogP contribution is -2.27. The topological polar surface area (TPSA) is 71.3 Å². The summed E-state index contributed by atoms with van der Waals surface area (Å²) >= 11 is 0. The molecule has 0 spiro atoms. The Kier molecular flexibility index (Phi) is 4.77. The van der Waals surface area contributed by atoms with Crippen molar-refractivity contribution in [2.45, 2.75) is 20.3 Å². The van der Waals surface area contributed by atoms with Crippen molar-refractivity contribution in [1.82, 2.24) is 5.32 Å². The van der Waals surface area contributed by atoms with Crippen molar-refractivity contribution in [2.24, 2.45) is 0 Å². The molecule has 1 heterocycles. The van der Waals surface area contributed by atoms with Crippen molar-refractivity contribution in [2.75, 3.05) is 11.9 Å². The minimum absolute atomic E-state index is 0.141. The van der Waals surface area contributed by atoms with Gasteiger partial charge in [-0.25, -0.2) is 0 Å². The highest BCUT2D eigenvalue weighted by molar-refractivity contribution is 5.93. The molecule has 5 heteroatoms. The summed E-state index contributed by atoms with van der Waals surface area (Å²) in [7, 11) is 0. The summed E-state index contributed by atoms with van der Waals surface area (Å²) in [6, 6.07) is 8.96. The molecule has 1 aromatic carbocycles. The Morgan fingerprint density at radius 2 is 1.95 bits per heavy atom. The van der Waals surface area contributed by atoms with Gasteiger partial charge in [-0.1, -0.05) is 6.07 Å². The van der Waals surface area contributed by atoms with E-state index in [0.29, 0.717) is 0 Å². The van der Waals surface area contributed by atoms with Crippen LogP contribution in [0.2, 0.25) is 0 Å². The van der Waals surface area contributed by atoms with Gasteiger partial charge in [0.1, 0.15) is 0 Å². The molecule has 110 valence electrons. The first-order valence-corrected chi connectivity index (χ1v) is 6.75. The van der Waals surface area contributed by atoms with E-state index in [-0.39, 0.29) is 30.5 Å². The standard InChI is InChI=1S/C16H18N2O3/c1-11-5-6-13(10-12(11)2)18-15(19)7-8-17-16(20)14-4-3-9-21-14/h3-6,9-10H,7-8H2,1-2H3,(H,17,20)(H,18,19). The monoisotopic (exact) mass is 286 g/mol. The van der Waals surface area contributed by atoms with E-state index < -0.39 is 0 Å². The SMILES string of the molecule is Cc1ccc(NC(=O)CCNC(=O)c2ccco2)cc1C. The second-order valence-corrected chi connectivity index (χ2v) is 4.83. The Morgan fingerprint density at radius 3 is 2.62 bits per heavy atom. The van der Waals surface area contributed by atoms with E-state index in [2.05, 4.69) is 10.6 Å². The lowest BCUT2D eigenvalue weighted by atomic mass is 10.1. The fourth-order valence-corrected chi connectivity index (χ4v) is 1.83. The third-order valence-electron chi connectivity index (χ3n) is 3.17. The van der Waals surface area contributed by atoms with Crippen LogP contribution in [-0.2, 0) is 4.79 Å². The van der Waals surface area contributed by atoms with Crippen LogP contribution in [0.15, 0.2) is 41.0 Å². The minimum Gasteiger partial charge on any atom is -0.459 e. The first-order valence-electron chi connectivity index (χ1n) is 6.75. The van der Waals surface area contributed by atoms with Crippen molar-refractivity contribution in [1.29, 1.82) is 0 Å². The van der Waals surface area contributed by atoms with Gasteiger partial charge < -0.3 is 15.1 Å². The zero-order chi connectivity index (χ0) is 15.2. The highest BCUT2D eigenvalue weighted by atomic mass is 16.3. The number of carbonyl (C=O) groups is 2. The summed E-state index contributed by atoms with van der Waals surface area (Å²) in [6.45, 7) is 4.27. The van der Waals surface area contributed by atoms with Crippen molar-refractivity contribution in [3.63, 3.8) is 0 Å².